The topological polar surface area (TPSA) is 90.6 Å². The van der Waals surface area contributed by atoms with Gasteiger partial charge in [0.05, 0.1) is 24.3 Å². The summed E-state index contributed by atoms with van der Waals surface area (Å²) in [6.07, 6.45) is 0. The van der Waals surface area contributed by atoms with E-state index in [2.05, 4.69) is 5.32 Å². The van der Waals surface area contributed by atoms with Crippen LogP contribution in [0.25, 0.3) is 0 Å². The lowest BCUT2D eigenvalue weighted by Gasteiger charge is -2.18. The van der Waals surface area contributed by atoms with Crippen molar-refractivity contribution in [3.05, 3.63) is 18.2 Å². The minimum Gasteiger partial charge on any atom is -0.495 e. The fourth-order valence-corrected chi connectivity index (χ4v) is 2.12. The number of hydrogen-bond acceptors (Lipinski definition) is 5. The van der Waals surface area contributed by atoms with Gasteiger partial charge in [-0.15, -0.1) is 0 Å². The van der Waals surface area contributed by atoms with Gasteiger partial charge in [-0.1, -0.05) is 0 Å². The van der Waals surface area contributed by atoms with Gasteiger partial charge < -0.3 is 14.8 Å². The number of rotatable bonds is 7. The predicted molar refractivity (Wildman–Crippen MR) is 73.9 cm³/mol. The molecule has 0 aromatic heterocycles. The van der Waals surface area contributed by atoms with Gasteiger partial charge in [0.25, 0.3) is 0 Å². The van der Waals surface area contributed by atoms with Crippen molar-refractivity contribution >= 4 is 15.7 Å². The van der Waals surface area contributed by atoms with Crippen molar-refractivity contribution in [2.24, 2.45) is 5.14 Å². The van der Waals surface area contributed by atoms with E-state index in [1.165, 1.54) is 19.2 Å². The number of nitrogens with two attached hydrogens (primary N) is 1. The molecule has 0 aliphatic heterocycles. The standard InChI is InChI=1S/C12H20N2O4S/c1-4-18-8-9(2)14-11-7-10(19(13,15)16)5-6-12(11)17-3/h5-7,9,14H,4,8H2,1-3H3,(H2,13,15,16). The number of ether oxygens (including phenoxy) is 2. The Labute approximate surface area is 113 Å². The summed E-state index contributed by atoms with van der Waals surface area (Å²) < 4.78 is 33.1. The molecule has 0 saturated heterocycles. The summed E-state index contributed by atoms with van der Waals surface area (Å²) in [7, 11) is -2.21. The maximum atomic E-state index is 11.3. The minimum absolute atomic E-state index is 0.0181. The first-order chi connectivity index (χ1) is 8.88. The Balaban J connectivity index is 2.96. The molecule has 0 saturated carbocycles. The van der Waals surface area contributed by atoms with Gasteiger partial charge in [-0.2, -0.15) is 0 Å². The van der Waals surface area contributed by atoms with Gasteiger partial charge in [0, 0.05) is 12.6 Å². The summed E-state index contributed by atoms with van der Waals surface area (Å²) in [6, 6.07) is 4.45. The number of sulfonamides is 1. The van der Waals surface area contributed by atoms with Gasteiger partial charge in [-0.25, -0.2) is 13.6 Å². The molecule has 0 amide bonds. The van der Waals surface area contributed by atoms with Crippen LogP contribution in [0.3, 0.4) is 0 Å². The predicted octanol–water partition coefficient (Wildman–Crippen LogP) is 1.18. The van der Waals surface area contributed by atoms with Gasteiger partial charge in [-0.05, 0) is 32.0 Å². The van der Waals surface area contributed by atoms with Crippen LogP contribution in [0.2, 0.25) is 0 Å². The summed E-state index contributed by atoms with van der Waals surface area (Å²) >= 11 is 0. The van der Waals surface area contributed by atoms with E-state index >= 15 is 0 Å². The van der Waals surface area contributed by atoms with Gasteiger partial charge >= 0.3 is 0 Å². The van der Waals surface area contributed by atoms with Crippen molar-refractivity contribution in [1.82, 2.24) is 0 Å². The van der Waals surface area contributed by atoms with Crippen LogP contribution in [-0.4, -0.2) is 34.8 Å². The van der Waals surface area contributed by atoms with E-state index in [0.717, 1.165) is 0 Å². The number of benzene rings is 1. The molecule has 1 rings (SSSR count). The molecule has 3 N–H and O–H groups in total. The van der Waals surface area contributed by atoms with Crippen LogP contribution in [0.1, 0.15) is 13.8 Å². The van der Waals surface area contributed by atoms with Crippen molar-refractivity contribution in [3.63, 3.8) is 0 Å². The van der Waals surface area contributed by atoms with E-state index in [0.29, 0.717) is 24.7 Å². The van der Waals surface area contributed by atoms with Crippen molar-refractivity contribution in [2.45, 2.75) is 24.8 Å². The SMILES string of the molecule is CCOCC(C)Nc1cc(S(N)(=O)=O)ccc1OC. The van der Waals surface area contributed by atoms with E-state index in [9.17, 15) is 8.42 Å². The average molecular weight is 288 g/mol. The van der Waals surface area contributed by atoms with E-state index in [-0.39, 0.29) is 10.9 Å². The Hall–Kier alpha value is -1.31. The Morgan fingerprint density at radius 2 is 2.11 bits per heavy atom. The Kier molecular flexibility index (Phi) is 5.59. The fourth-order valence-electron chi connectivity index (χ4n) is 1.58. The second-order valence-electron chi connectivity index (χ2n) is 4.11. The lowest BCUT2D eigenvalue weighted by molar-refractivity contribution is 0.141. The molecule has 0 radical (unpaired) electrons. The quantitative estimate of drug-likeness (QED) is 0.786. The monoisotopic (exact) mass is 288 g/mol. The maximum absolute atomic E-state index is 11.3. The van der Waals surface area contributed by atoms with Gasteiger partial charge in [0.2, 0.25) is 10.0 Å². The molecule has 1 aromatic rings. The minimum atomic E-state index is -3.73. The Bertz CT molecular complexity index is 516. The molecular weight excluding hydrogens is 268 g/mol. The highest BCUT2D eigenvalue weighted by molar-refractivity contribution is 7.89. The molecule has 7 heteroatoms. The van der Waals surface area contributed by atoms with E-state index in [1.807, 2.05) is 13.8 Å². The lowest BCUT2D eigenvalue weighted by atomic mass is 10.2. The van der Waals surface area contributed by atoms with Crippen LogP contribution >= 0.6 is 0 Å². The molecule has 0 aliphatic rings. The Morgan fingerprint density at radius 1 is 1.42 bits per heavy atom. The summed E-state index contributed by atoms with van der Waals surface area (Å²) in [5, 5.41) is 8.25. The highest BCUT2D eigenvalue weighted by atomic mass is 32.2. The zero-order valence-corrected chi connectivity index (χ0v) is 12.2. The Morgan fingerprint density at radius 3 is 2.63 bits per heavy atom. The number of anilines is 1. The van der Waals surface area contributed by atoms with Crippen LogP contribution in [-0.2, 0) is 14.8 Å². The number of hydrogen-bond donors (Lipinski definition) is 2. The van der Waals surface area contributed by atoms with E-state index in [1.54, 1.807) is 6.07 Å². The van der Waals surface area contributed by atoms with Crippen LogP contribution in [0.4, 0.5) is 5.69 Å². The van der Waals surface area contributed by atoms with Crippen LogP contribution < -0.4 is 15.2 Å². The molecule has 1 atom stereocenters. The van der Waals surface area contributed by atoms with Crippen molar-refractivity contribution in [2.75, 3.05) is 25.6 Å². The molecule has 19 heavy (non-hydrogen) atoms. The normalized spacial score (nSPS) is 13.1. The second-order valence-corrected chi connectivity index (χ2v) is 5.67. The lowest BCUT2D eigenvalue weighted by Crippen LogP contribution is -2.22. The zero-order valence-electron chi connectivity index (χ0n) is 11.3. The molecular formula is C12H20N2O4S. The maximum Gasteiger partial charge on any atom is 0.238 e. The van der Waals surface area contributed by atoms with E-state index < -0.39 is 10.0 Å². The summed E-state index contributed by atoms with van der Waals surface area (Å²) in [4.78, 5) is 0.0411. The highest BCUT2D eigenvalue weighted by Crippen LogP contribution is 2.27. The number of nitrogens with one attached hydrogen (secondary N) is 1. The molecule has 0 heterocycles. The second kappa shape index (κ2) is 6.74. The molecule has 6 nitrogen and oxygen atoms in total. The molecule has 0 bridgehead atoms. The highest BCUT2D eigenvalue weighted by Gasteiger charge is 2.13. The summed E-state index contributed by atoms with van der Waals surface area (Å²) in [6.45, 7) is 4.98. The van der Waals surface area contributed by atoms with Gasteiger partial charge in [0.1, 0.15) is 5.75 Å². The largest absolute Gasteiger partial charge is 0.495 e. The summed E-state index contributed by atoms with van der Waals surface area (Å²) in [5.74, 6) is 0.552. The van der Waals surface area contributed by atoms with Crippen LogP contribution in [0.5, 0.6) is 5.75 Å². The summed E-state index contributed by atoms with van der Waals surface area (Å²) in [5.41, 5.74) is 0.571. The van der Waals surface area contributed by atoms with Crippen LogP contribution in [0, 0.1) is 0 Å². The number of methoxy groups -OCH3 is 1. The average Bonchev–Trinajstić information content (AvgIpc) is 2.35. The molecule has 0 fully saturated rings. The molecule has 1 aromatic carbocycles. The molecule has 0 aliphatic carbocycles. The molecule has 108 valence electrons. The first kappa shape index (κ1) is 15.7. The first-order valence-electron chi connectivity index (χ1n) is 5.93. The van der Waals surface area contributed by atoms with Gasteiger partial charge in [0.15, 0.2) is 0 Å². The third-order valence-corrected chi connectivity index (χ3v) is 3.38. The fraction of sp³-hybridized carbons (Fsp3) is 0.500. The molecule has 0 spiro atoms. The zero-order chi connectivity index (χ0) is 14.5. The first-order valence-corrected chi connectivity index (χ1v) is 7.48. The third-order valence-electron chi connectivity index (χ3n) is 2.47. The number of primary sulfonamides is 1. The molecule has 1 unspecified atom stereocenters. The smallest absolute Gasteiger partial charge is 0.238 e. The van der Waals surface area contributed by atoms with E-state index in [4.69, 9.17) is 14.6 Å². The van der Waals surface area contributed by atoms with Crippen molar-refractivity contribution < 1.29 is 17.9 Å². The van der Waals surface area contributed by atoms with Gasteiger partial charge in [-0.3, -0.25) is 0 Å². The third kappa shape index (κ3) is 4.70. The van der Waals surface area contributed by atoms with Crippen LogP contribution in [0.15, 0.2) is 23.1 Å². The van der Waals surface area contributed by atoms with Crippen molar-refractivity contribution in [3.8, 4) is 5.75 Å². The van der Waals surface area contributed by atoms with Crippen molar-refractivity contribution in [1.29, 1.82) is 0 Å².